The van der Waals surface area contributed by atoms with Gasteiger partial charge < -0.3 is 9.64 Å². The number of rotatable bonds is 5. The maximum atomic E-state index is 12.6. The Morgan fingerprint density at radius 2 is 2.00 bits per heavy atom. The Morgan fingerprint density at radius 3 is 2.52 bits per heavy atom. The van der Waals surface area contributed by atoms with Crippen LogP contribution in [0.2, 0.25) is 0 Å². The Bertz CT molecular complexity index is 379. The van der Waals surface area contributed by atoms with Gasteiger partial charge >= 0.3 is 6.18 Å². The Hall–Kier alpha value is -0.820. The summed E-state index contributed by atoms with van der Waals surface area (Å²) in [6.45, 7) is 2.85. The monoisotopic (exact) mass is 308 g/mol. The number of hydrogen-bond donors (Lipinski definition) is 1. The molecule has 1 heterocycles. The Labute approximate surface area is 123 Å². The molecule has 7 heteroatoms. The van der Waals surface area contributed by atoms with E-state index in [-0.39, 0.29) is 31.1 Å². The van der Waals surface area contributed by atoms with Crippen LogP contribution >= 0.6 is 0 Å². The minimum absolute atomic E-state index is 0.0225. The Morgan fingerprint density at radius 1 is 1.38 bits per heavy atom. The fourth-order valence-corrected chi connectivity index (χ4v) is 3.28. The highest BCUT2D eigenvalue weighted by Crippen LogP contribution is 2.37. The van der Waals surface area contributed by atoms with Gasteiger partial charge in [-0.15, -0.1) is 0 Å². The number of carbonyl (C=O) groups excluding carboxylic acids is 1. The van der Waals surface area contributed by atoms with Crippen LogP contribution < -0.4 is 5.32 Å². The van der Waals surface area contributed by atoms with Crippen molar-refractivity contribution in [2.24, 2.45) is 5.92 Å². The molecule has 0 aromatic heterocycles. The molecule has 2 fully saturated rings. The van der Waals surface area contributed by atoms with Gasteiger partial charge in [-0.3, -0.25) is 10.1 Å². The van der Waals surface area contributed by atoms with Crippen LogP contribution in [0.25, 0.3) is 0 Å². The minimum Gasteiger partial charge on any atom is -0.370 e. The van der Waals surface area contributed by atoms with Gasteiger partial charge in [-0.05, 0) is 18.8 Å². The molecule has 4 nitrogen and oxygen atoms in total. The standard InChI is InChI=1S/C14H23F3N2O2/c1-10(2)11-18-13(5-3-4-6-13)12(20)19(11)7-8-21-9-14(15,16)17/h10-11,18H,3-9H2,1-2H3. The van der Waals surface area contributed by atoms with E-state index in [0.717, 1.165) is 25.7 Å². The maximum absolute atomic E-state index is 12.6. The second kappa shape index (κ2) is 6.12. The van der Waals surface area contributed by atoms with Gasteiger partial charge in [0.15, 0.2) is 0 Å². The summed E-state index contributed by atoms with van der Waals surface area (Å²) < 4.78 is 40.8. The van der Waals surface area contributed by atoms with Gasteiger partial charge in [0.2, 0.25) is 5.91 Å². The van der Waals surface area contributed by atoms with Crippen LogP contribution in [0.3, 0.4) is 0 Å². The lowest BCUT2D eigenvalue weighted by molar-refractivity contribution is -0.175. The second-order valence-electron chi connectivity index (χ2n) is 6.29. The molecule has 1 saturated heterocycles. The maximum Gasteiger partial charge on any atom is 0.411 e. The van der Waals surface area contributed by atoms with Gasteiger partial charge in [-0.2, -0.15) is 13.2 Å². The average molecular weight is 308 g/mol. The number of carbonyl (C=O) groups is 1. The van der Waals surface area contributed by atoms with Crippen LogP contribution in [0.15, 0.2) is 0 Å². The summed E-state index contributed by atoms with van der Waals surface area (Å²) in [5.74, 6) is 0.228. The van der Waals surface area contributed by atoms with Gasteiger partial charge in [0.1, 0.15) is 6.61 Å². The van der Waals surface area contributed by atoms with Crippen molar-refractivity contribution in [2.45, 2.75) is 57.4 Å². The molecule has 1 saturated carbocycles. The second-order valence-corrected chi connectivity index (χ2v) is 6.29. The van der Waals surface area contributed by atoms with Crippen molar-refractivity contribution >= 4 is 5.91 Å². The zero-order valence-electron chi connectivity index (χ0n) is 12.5. The molecule has 21 heavy (non-hydrogen) atoms. The van der Waals surface area contributed by atoms with Crippen molar-refractivity contribution in [3.05, 3.63) is 0 Å². The summed E-state index contributed by atoms with van der Waals surface area (Å²) in [6, 6.07) is 0. The molecular formula is C14H23F3N2O2. The van der Waals surface area contributed by atoms with E-state index in [1.54, 1.807) is 4.90 Å². The third kappa shape index (κ3) is 3.69. The van der Waals surface area contributed by atoms with E-state index in [4.69, 9.17) is 0 Å². The molecule has 1 spiro atoms. The third-order valence-corrected chi connectivity index (χ3v) is 4.26. The summed E-state index contributed by atoms with van der Waals surface area (Å²) in [5, 5.41) is 3.42. The van der Waals surface area contributed by atoms with Crippen LogP contribution in [0.5, 0.6) is 0 Å². The number of nitrogens with one attached hydrogen (secondary N) is 1. The molecule has 1 aliphatic heterocycles. The largest absolute Gasteiger partial charge is 0.411 e. The van der Waals surface area contributed by atoms with Gasteiger partial charge in [-0.1, -0.05) is 26.7 Å². The number of halogens is 3. The van der Waals surface area contributed by atoms with Crippen molar-refractivity contribution in [3.8, 4) is 0 Å². The average Bonchev–Trinajstić information content (AvgIpc) is 2.94. The zero-order chi connectivity index (χ0) is 15.7. The van der Waals surface area contributed by atoms with Gasteiger partial charge in [0, 0.05) is 6.54 Å². The van der Waals surface area contributed by atoms with E-state index in [2.05, 4.69) is 10.1 Å². The highest BCUT2D eigenvalue weighted by atomic mass is 19.4. The van der Waals surface area contributed by atoms with Crippen molar-refractivity contribution in [1.29, 1.82) is 0 Å². The molecule has 0 radical (unpaired) electrons. The van der Waals surface area contributed by atoms with Gasteiger partial charge in [0.05, 0.1) is 18.3 Å². The number of hydrogen-bond acceptors (Lipinski definition) is 3. The van der Waals surface area contributed by atoms with E-state index in [1.165, 1.54) is 0 Å². The first-order valence-corrected chi connectivity index (χ1v) is 7.48. The summed E-state index contributed by atoms with van der Waals surface area (Å²) in [4.78, 5) is 14.3. The highest BCUT2D eigenvalue weighted by molar-refractivity contribution is 5.89. The molecule has 1 N–H and O–H groups in total. The van der Waals surface area contributed by atoms with E-state index in [1.807, 2.05) is 13.8 Å². The first-order valence-electron chi connectivity index (χ1n) is 7.48. The molecule has 0 bridgehead atoms. The summed E-state index contributed by atoms with van der Waals surface area (Å²) >= 11 is 0. The molecule has 1 aliphatic carbocycles. The van der Waals surface area contributed by atoms with Gasteiger partial charge in [-0.25, -0.2) is 0 Å². The predicted octanol–water partition coefficient (Wildman–Crippen LogP) is 2.29. The number of amides is 1. The molecule has 122 valence electrons. The van der Waals surface area contributed by atoms with Crippen LogP contribution in [-0.4, -0.2) is 48.4 Å². The summed E-state index contributed by atoms with van der Waals surface area (Å²) in [6.07, 6.45) is -0.782. The Kier molecular flexibility index (Phi) is 4.82. The van der Waals surface area contributed by atoms with E-state index >= 15 is 0 Å². The molecular weight excluding hydrogens is 285 g/mol. The number of nitrogens with zero attached hydrogens (tertiary/aromatic N) is 1. The predicted molar refractivity (Wildman–Crippen MR) is 71.5 cm³/mol. The quantitative estimate of drug-likeness (QED) is 0.792. The van der Waals surface area contributed by atoms with E-state index in [0.29, 0.717) is 0 Å². The lowest BCUT2D eigenvalue weighted by Gasteiger charge is -2.27. The van der Waals surface area contributed by atoms with Crippen LogP contribution in [0, 0.1) is 5.92 Å². The lowest BCUT2D eigenvalue weighted by Crippen LogP contribution is -2.45. The smallest absolute Gasteiger partial charge is 0.370 e. The number of ether oxygens (including phenoxy) is 1. The van der Waals surface area contributed by atoms with Crippen molar-refractivity contribution < 1.29 is 22.7 Å². The highest BCUT2D eigenvalue weighted by Gasteiger charge is 2.52. The number of alkyl halides is 3. The molecule has 1 amide bonds. The topological polar surface area (TPSA) is 41.6 Å². The fourth-order valence-electron chi connectivity index (χ4n) is 3.28. The molecule has 1 unspecified atom stereocenters. The first kappa shape index (κ1) is 16.5. The van der Waals surface area contributed by atoms with Crippen LogP contribution in [0.1, 0.15) is 39.5 Å². The van der Waals surface area contributed by atoms with Gasteiger partial charge in [0.25, 0.3) is 0 Å². The zero-order valence-corrected chi connectivity index (χ0v) is 12.5. The SMILES string of the molecule is CC(C)C1NC2(CCCC2)C(=O)N1CCOCC(F)(F)F. The third-order valence-electron chi connectivity index (χ3n) is 4.26. The fraction of sp³-hybridized carbons (Fsp3) is 0.929. The normalized spacial score (nSPS) is 25.5. The molecule has 1 atom stereocenters. The lowest BCUT2D eigenvalue weighted by atomic mass is 9.98. The van der Waals surface area contributed by atoms with Crippen LogP contribution in [0.4, 0.5) is 13.2 Å². The van der Waals surface area contributed by atoms with E-state index in [9.17, 15) is 18.0 Å². The first-order chi connectivity index (χ1) is 9.75. The summed E-state index contributed by atoms with van der Waals surface area (Å²) in [5.41, 5.74) is -0.487. The van der Waals surface area contributed by atoms with E-state index < -0.39 is 18.3 Å². The van der Waals surface area contributed by atoms with Crippen molar-refractivity contribution in [2.75, 3.05) is 19.8 Å². The summed E-state index contributed by atoms with van der Waals surface area (Å²) in [7, 11) is 0. The minimum atomic E-state index is -4.32. The van der Waals surface area contributed by atoms with Crippen LogP contribution in [-0.2, 0) is 9.53 Å². The molecule has 2 aliphatic rings. The molecule has 0 aromatic carbocycles. The van der Waals surface area contributed by atoms with Crippen molar-refractivity contribution in [1.82, 2.24) is 10.2 Å². The molecule has 0 aromatic rings. The molecule has 2 rings (SSSR count). The Balaban J connectivity index is 1.94. The van der Waals surface area contributed by atoms with Crippen molar-refractivity contribution in [3.63, 3.8) is 0 Å².